The van der Waals surface area contributed by atoms with E-state index in [-0.39, 0.29) is 10.6 Å². The molecule has 0 saturated carbocycles. The molecule has 6 heteroatoms. The molecule has 3 N–H and O–H groups in total. The number of nitrogens with one attached hydrogen (secondary N) is 1. The molecular weight excluding hydrogens is 348 g/mol. The summed E-state index contributed by atoms with van der Waals surface area (Å²) < 4.78 is 30.3. The van der Waals surface area contributed by atoms with Crippen LogP contribution >= 0.6 is 0 Å². The van der Waals surface area contributed by atoms with Crippen LogP contribution in [0.3, 0.4) is 0 Å². The highest BCUT2D eigenvalue weighted by Gasteiger charge is 2.21. The number of hydrogen-bond acceptors (Lipinski definition) is 4. The Hall–Kier alpha value is -2.31. The molecule has 2 aromatic rings. The van der Waals surface area contributed by atoms with Gasteiger partial charge >= 0.3 is 0 Å². The van der Waals surface area contributed by atoms with Crippen LogP contribution in [0.1, 0.15) is 38.7 Å². The molecule has 26 heavy (non-hydrogen) atoms. The molecule has 2 aromatic carbocycles. The van der Waals surface area contributed by atoms with Gasteiger partial charge in [-0.25, -0.2) is 13.6 Å². The molecule has 0 aromatic heterocycles. The molecule has 2 rings (SSSR count). The fraction of sp³-hybridized carbons (Fsp3) is 0.300. The van der Waals surface area contributed by atoms with Crippen molar-refractivity contribution in [1.29, 1.82) is 0 Å². The summed E-state index contributed by atoms with van der Waals surface area (Å²) in [4.78, 5) is -0.0557. The van der Waals surface area contributed by atoms with Gasteiger partial charge in [-0.3, -0.25) is 0 Å². The van der Waals surface area contributed by atoms with Gasteiger partial charge in [0, 0.05) is 6.54 Å². The molecule has 0 aliphatic rings. The van der Waals surface area contributed by atoms with Gasteiger partial charge in [-0.1, -0.05) is 50.1 Å². The van der Waals surface area contributed by atoms with E-state index in [1.807, 2.05) is 31.2 Å². The molecule has 0 radical (unpaired) electrons. The van der Waals surface area contributed by atoms with E-state index in [1.165, 1.54) is 6.07 Å². The summed E-state index contributed by atoms with van der Waals surface area (Å²) >= 11 is 0. The average Bonchev–Trinajstić information content (AvgIpc) is 2.59. The van der Waals surface area contributed by atoms with Crippen molar-refractivity contribution in [3.63, 3.8) is 0 Å². The van der Waals surface area contributed by atoms with Gasteiger partial charge in [0.05, 0.1) is 5.69 Å². The van der Waals surface area contributed by atoms with Crippen molar-refractivity contribution in [3.05, 3.63) is 54.6 Å². The van der Waals surface area contributed by atoms with Crippen LogP contribution < -0.4 is 15.2 Å². The van der Waals surface area contributed by atoms with E-state index in [1.54, 1.807) is 12.1 Å². The molecule has 0 bridgehead atoms. The fourth-order valence-corrected chi connectivity index (χ4v) is 3.20. The fourth-order valence-electron chi connectivity index (χ4n) is 2.50. The molecule has 0 amide bonds. The molecule has 0 aliphatic heterocycles. The lowest BCUT2D eigenvalue weighted by molar-refractivity contribution is 0.469. The van der Waals surface area contributed by atoms with Crippen LogP contribution in [0.2, 0.25) is 0 Å². The van der Waals surface area contributed by atoms with E-state index in [9.17, 15) is 8.42 Å². The highest BCUT2D eigenvalue weighted by molar-refractivity contribution is 7.89. The predicted octanol–water partition coefficient (Wildman–Crippen LogP) is 4.76. The number of benzene rings is 2. The third-order valence-electron chi connectivity index (χ3n) is 3.91. The molecule has 0 saturated heterocycles. The van der Waals surface area contributed by atoms with E-state index < -0.39 is 10.0 Å². The zero-order valence-electron chi connectivity index (χ0n) is 15.3. The van der Waals surface area contributed by atoms with Gasteiger partial charge in [0.25, 0.3) is 0 Å². The Kier molecular flexibility index (Phi) is 6.83. The first-order chi connectivity index (χ1) is 12.3. The van der Waals surface area contributed by atoms with Gasteiger partial charge in [-0.05, 0) is 43.2 Å². The van der Waals surface area contributed by atoms with E-state index in [0.717, 1.165) is 24.8 Å². The van der Waals surface area contributed by atoms with Crippen molar-refractivity contribution in [2.75, 3.05) is 11.9 Å². The molecule has 0 unspecified atom stereocenters. The maximum Gasteiger partial charge on any atom is 0.241 e. The normalized spacial score (nSPS) is 11.2. The monoisotopic (exact) mass is 374 g/mol. The van der Waals surface area contributed by atoms with Gasteiger partial charge in [-0.15, -0.1) is 0 Å². The largest absolute Gasteiger partial charge is 0.454 e. The first kappa shape index (κ1) is 20.0. The SMILES string of the molecule is C=C(C)c1cc(NCCCCC)c(Oc2ccccc2)c(S(N)(=O)=O)c1. The smallest absolute Gasteiger partial charge is 0.241 e. The highest BCUT2D eigenvalue weighted by atomic mass is 32.2. The van der Waals surface area contributed by atoms with Crippen LogP contribution in [0.4, 0.5) is 5.69 Å². The Bertz CT molecular complexity index is 862. The number of para-hydroxylation sites is 1. The number of primary sulfonamides is 1. The summed E-state index contributed by atoms with van der Waals surface area (Å²) in [6.45, 7) is 8.57. The number of allylic oxidation sites excluding steroid dienone is 1. The van der Waals surface area contributed by atoms with Crippen LogP contribution in [0.5, 0.6) is 11.5 Å². The lowest BCUT2D eigenvalue weighted by Crippen LogP contribution is -2.15. The van der Waals surface area contributed by atoms with Crippen LogP contribution in [0, 0.1) is 0 Å². The Morgan fingerprint density at radius 2 is 1.88 bits per heavy atom. The third kappa shape index (κ3) is 5.34. The van der Waals surface area contributed by atoms with E-state index >= 15 is 0 Å². The maximum absolute atomic E-state index is 12.2. The standard InChI is InChI=1S/C20H26N2O3S/c1-4-5-9-12-22-18-13-16(15(2)3)14-19(26(21,23)24)20(18)25-17-10-7-6-8-11-17/h6-8,10-11,13-14,22H,2,4-5,9,12H2,1,3H3,(H2,21,23,24). The minimum absolute atomic E-state index is 0.0557. The molecule has 0 spiro atoms. The zero-order chi connectivity index (χ0) is 19.2. The van der Waals surface area contributed by atoms with Crippen LogP contribution in [-0.4, -0.2) is 15.0 Å². The number of rotatable bonds is 9. The lowest BCUT2D eigenvalue weighted by Gasteiger charge is -2.18. The predicted molar refractivity (Wildman–Crippen MR) is 107 cm³/mol. The summed E-state index contributed by atoms with van der Waals surface area (Å²) in [6, 6.07) is 12.4. The van der Waals surface area contributed by atoms with E-state index in [4.69, 9.17) is 9.88 Å². The number of nitrogens with two attached hydrogens (primary N) is 1. The maximum atomic E-state index is 12.2. The summed E-state index contributed by atoms with van der Waals surface area (Å²) in [7, 11) is -3.97. The van der Waals surface area contributed by atoms with Crippen molar-refractivity contribution in [1.82, 2.24) is 0 Å². The second-order valence-electron chi connectivity index (χ2n) is 6.23. The first-order valence-corrected chi connectivity index (χ1v) is 10.2. The van der Waals surface area contributed by atoms with Gasteiger partial charge in [0.2, 0.25) is 10.0 Å². The second kappa shape index (κ2) is 8.87. The summed E-state index contributed by atoms with van der Waals surface area (Å²) in [5, 5.41) is 8.75. The average molecular weight is 375 g/mol. The summed E-state index contributed by atoms with van der Waals surface area (Å²) in [6.07, 6.45) is 3.16. The lowest BCUT2D eigenvalue weighted by atomic mass is 10.1. The van der Waals surface area contributed by atoms with Crippen molar-refractivity contribution < 1.29 is 13.2 Å². The molecule has 5 nitrogen and oxygen atoms in total. The quantitative estimate of drug-likeness (QED) is 0.620. The number of unbranched alkanes of at least 4 members (excludes halogenated alkanes) is 2. The number of hydrogen-bond donors (Lipinski definition) is 2. The van der Waals surface area contributed by atoms with Gasteiger partial charge in [0.1, 0.15) is 10.6 Å². The van der Waals surface area contributed by atoms with Crippen LogP contribution in [0.15, 0.2) is 53.9 Å². The minimum Gasteiger partial charge on any atom is -0.454 e. The van der Waals surface area contributed by atoms with Crippen molar-refractivity contribution in [2.24, 2.45) is 5.14 Å². The van der Waals surface area contributed by atoms with Gasteiger partial charge in [-0.2, -0.15) is 0 Å². The number of ether oxygens (including phenoxy) is 1. The van der Waals surface area contributed by atoms with Crippen LogP contribution in [0.25, 0.3) is 5.57 Å². The van der Waals surface area contributed by atoms with Crippen molar-refractivity contribution in [3.8, 4) is 11.5 Å². The Morgan fingerprint density at radius 3 is 2.46 bits per heavy atom. The zero-order valence-corrected chi connectivity index (χ0v) is 16.1. The highest BCUT2D eigenvalue weighted by Crippen LogP contribution is 2.38. The van der Waals surface area contributed by atoms with Gasteiger partial charge < -0.3 is 10.1 Å². The number of sulfonamides is 1. The number of anilines is 1. The van der Waals surface area contributed by atoms with E-state index in [0.29, 0.717) is 23.5 Å². The topological polar surface area (TPSA) is 81.4 Å². The molecule has 140 valence electrons. The Balaban J connectivity index is 2.53. The minimum atomic E-state index is -3.97. The summed E-state index contributed by atoms with van der Waals surface area (Å²) in [5.74, 6) is 0.747. The molecular formula is C20H26N2O3S. The van der Waals surface area contributed by atoms with E-state index in [2.05, 4.69) is 18.8 Å². The molecule has 0 atom stereocenters. The third-order valence-corrected chi connectivity index (χ3v) is 4.83. The second-order valence-corrected chi connectivity index (χ2v) is 7.76. The Labute approximate surface area is 155 Å². The molecule has 0 fully saturated rings. The summed E-state index contributed by atoms with van der Waals surface area (Å²) in [5.41, 5.74) is 2.04. The van der Waals surface area contributed by atoms with Crippen molar-refractivity contribution >= 4 is 21.3 Å². The Morgan fingerprint density at radius 1 is 1.19 bits per heavy atom. The van der Waals surface area contributed by atoms with Crippen molar-refractivity contribution in [2.45, 2.75) is 38.0 Å². The van der Waals surface area contributed by atoms with Gasteiger partial charge in [0.15, 0.2) is 5.75 Å². The molecule has 0 aliphatic carbocycles. The molecule has 0 heterocycles. The van der Waals surface area contributed by atoms with Crippen LogP contribution in [-0.2, 0) is 10.0 Å². The first-order valence-electron chi connectivity index (χ1n) is 8.66.